The van der Waals surface area contributed by atoms with Gasteiger partial charge in [-0.05, 0) is 52.3 Å². The van der Waals surface area contributed by atoms with Gasteiger partial charge in [-0.3, -0.25) is 0 Å². The third-order valence-corrected chi connectivity index (χ3v) is 8.76. The molecule has 5 aromatic carbocycles. The van der Waals surface area contributed by atoms with Gasteiger partial charge in [-0.2, -0.15) is 0 Å². The first kappa shape index (κ1) is 26.7. The van der Waals surface area contributed by atoms with E-state index in [9.17, 15) is 0 Å². The fraction of sp³-hybridized carbons (Fsp3) is 0.179. The van der Waals surface area contributed by atoms with E-state index in [0.29, 0.717) is 5.69 Å². The monoisotopic (exact) mass is 560 g/mol. The van der Waals surface area contributed by atoms with Gasteiger partial charge in [0.15, 0.2) is 22.3 Å². The number of hydrogen-bond donors (Lipinski definition) is 0. The molecule has 7 rings (SSSR count). The lowest BCUT2D eigenvalue weighted by Gasteiger charge is -2.22. The summed E-state index contributed by atoms with van der Waals surface area (Å²) in [5, 5.41) is 2.16. The van der Waals surface area contributed by atoms with Gasteiger partial charge in [-0.25, -0.2) is 14.0 Å². The smallest absolute Gasteiger partial charge is 0.293 e. The van der Waals surface area contributed by atoms with Crippen molar-refractivity contribution in [2.24, 2.45) is 14.1 Å². The van der Waals surface area contributed by atoms with E-state index in [-0.39, 0.29) is 5.41 Å². The van der Waals surface area contributed by atoms with Crippen LogP contribution in [0.25, 0.3) is 71.5 Å². The highest BCUT2D eigenvalue weighted by Crippen LogP contribution is 2.48. The van der Waals surface area contributed by atoms with E-state index >= 15 is 0 Å². The molecular weight excluding hydrogens is 526 g/mol. The van der Waals surface area contributed by atoms with E-state index in [1.54, 1.807) is 0 Å². The average Bonchev–Trinajstić information content (AvgIpc) is 3.51. The Labute approximate surface area is 252 Å². The van der Waals surface area contributed by atoms with Crippen LogP contribution in [0.15, 0.2) is 101 Å². The lowest BCUT2D eigenvalue weighted by atomic mass is 9.81. The number of hydrogen-bond acceptors (Lipinski definition) is 1. The number of para-hydroxylation sites is 2. The minimum Gasteiger partial charge on any atom is -0.456 e. The molecule has 2 aromatic heterocycles. The molecule has 7 aromatic rings. The van der Waals surface area contributed by atoms with Gasteiger partial charge < -0.3 is 4.42 Å². The van der Waals surface area contributed by atoms with Gasteiger partial charge in [0, 0.05) is 16.3 Å². The Hall–Kier alpha value is -5.14. The average molecular weight is 561 g/mol. The van der Waals surface area contributed by atoms with Gasteiger partial charge in [-0.1, -0.05) is 106 Å². The SMILES string of the molecule is [C-]#[N+]c1ccc2c(oc3c(-c4n(C)c5ccccc5[n+]4C)c(C)cc(C(C)(C)C)c32)c1-c1ccc(-c2ccccc2)cc1. The molecule has 0 unspecified atom stereocenters. The molecule has 210 valence electrons. The van der Waals surface area contributed by atoms with Crippen LogP contribution in [0.3, 0.4) is 0 Å². The molecule has 0 aliphatic rings. The topological polar surface area (TPSA) is 26.3 Å². The van der Waals surface area contributed by atoms with Gasteiger partial charge in [0.25, 0.3) is 5.82 Å². The van der Waals surface area contributed by atoms with Crippen molar-refractivity contribution in [2.75, 3.05) is 0 Å². The van der Waals surface area contributed by atoms with Crippen molar-refractivity contribution in [3.63, 3.8) is 0 Å². The maximum Gasteiger partial charge on any atom is 0.293 e. The van der Waals surface area contributed by atoms with Crippen molar-refractivity contribution >= 4 is 38.7 Å². The van der Waals surface area contributed by atoms with Crippen LogP contribution in [0.1, 0.15) is 31.9 Å². The van der Waals surface area contributed by atoms with E-state index in [4.69, 9.17) is 11.0 Å². The van der Waals surface area contributed by atoms with E-state index in [1.807, 2.05) is 12.1 Å². The number of rotatable bonds is 3. The Morgan fingerprint density at radius 3 is 2.09 bits per heavy atom. The molecule has 2 heterocycles. The highest BCUT2D eigenvalue weighted by atomic mass is 16.3. The van der Waals surface area contributed by atoms with Crippen molar-refractivity contribution in [2.45, 2.75) is 33.1 Å². The fourth-order valence-electron chi connectivity index (χ4n) is 6.66. The van der Waals surface area contributed by atoms with Gasteiger partial charge in [0.05, 0.1) is 20.7 Å². The molecule has 0 amide bonds. The van der Waals surface area contributed by atoms with E-state index in [2.05, 4.69) is 141 Å². The number of fused-ring (bicyclic) bond motifs is 4. The summed E-state index contributed by atoms with van der Waals surface area (Å²) in [7, 11) is 4.25. The molecular formula is C39H34N3O+. The molecule has 0 radical (unpaired) electrons. The van der Waals surface area contributed by atoms with Gasteiger partial charge in [-0.15, -0.1) is 0 Å². The third kappa shape index (κ3) is 4.07. The molecule has 0 N–H and O–H groups in total. The number of furan rings is 1. The number of nitrogens with zero attached hydrogens (tertiary/aromatic N) is 3. The highest BCUT2D eigenvalue weighted by Gasteiger charge is 2.32. The summed E-state index contributed by atoms with van der Waals surface area (Å²) < 4.78 is 11.6. The molecule has 0 bridgehead atoms. The number of aromatic nitrogens is 2. The zero-order valence-corrected chi connectivity index (χ0v) is 25.5. The van der Waals surface area contributed by atoms with Crippen molar-refractivity contribution in [3.05, 3.63) is 120 Å². The molecule has 0 spiro atoms. The molecule has 0 atom stereocenters. The Morgan fingerprint density at radius 2 is 1.42 bits per heavy atom. The summed E-state index contributed by atoms with van der Waals surface area (Å²) in [4.78, 5) is 3.96. The minimum absolute atomic E-state index is 0.116. The van der Waals surface area contributed by atoms with E-state index < -0.39 is 0 Å². The minimum atomic E-state index is -0.116. The maximum atomic E-state index is 8.07. The number of aryl methyl sites for hydroxylation is 3. The lowest BCUT2D eigenvalue weighted by molar-refractivity contribution is -0.634. The van der Waals surface area contributed by atoms with Gasteiger partial charge in [0.2, 0.25) is 0 Å². The lowest BCUT2D eigenvalue weighted by Crippen LogP contribution is -2.30. The van der Waals surface area contributed by atoms with Crippen molar-refractivity contribution in [1.82, 2.24) is 4.57 Å². The summed E-state index contributed by atoms with van der Waals surface area (Å²) >= 11 is 0. The van der Waals surface area contributed by atoms with Gasteiger partial charge >= 0.3 is 0 Å². The van der Waals surface area contributed by atoms with Crippen molar-refractivity contribution in [3.8, 4) is 33.6 Å². The first-order valence-corrected chi connectivity index (χ1v) is 14.7. The molecule has 0 aliphatic carbocycles. The highest BCUT2D eigenvalue weighted by molar-refractivity contribution is 6.16. The Kier molecular flexibility index (Phi) is 6.04. The van der Waals surface area contributed by atoms with Crippen molar-refractivity contribution in [1.29, 1.82) is 0 Å². The summed E-state index contributed by atoms with van der Waals surface area (Å²) in [6.45, 7) is 17.0. The van der Waals surface area contributed by atoms with Crippen LogP contribution >= 0.6 is 0 Å². The molecule has 4 heteroatoms. The third-order valence-electron chi connectivity index (χ3n) is 8.76. The zero-order chi connectivity index (χ0) is 30.0. The quantitative estimate of drug-likeness (QED) is 0.156. The number of benzene rings is 5. The number of imidazole rings is 1. The van der Waals surface area contributed by atoms with Crippen LogP contribution in [-0.4, -0.2) is 4.57 Å². The van der Waals surface area contributed by atoms with E-state index in [0.717, 1.165) is 66.6 Å². The second-order valence-electron chi connectivity index (χ2n) is 12.5. The van der Waals surface area contributed by atoms with Crippen LogP contribution in [-0.2, 0) is 19.5 Å². The normalized spacial score (nSPS) is 11.9. The van der Waals surface area contributed by atoms with Crippen LogP contribution in [0, 0.1) is 13.5 Å². The zero-order valence-electron chi connectivity index (χ0n) is 25.5. The Morgan fingerprint density at radius 1 is 0.767 bits per heavy atom. The predicted octanol–water partition coefficient (Wildman–Crippen LogP) is 10.1. The molecule has 4 nitrogen and oxygen atoms in total. The first-order chi connectivity index (χ1) is 20.7. The van der Waals surface area contributed by atoms with Crippen LogP contribution in [0.2, 0.25) is 0 Å². The predicted molar refractivity (Wildman–Crippen MR) is 177 cm³/mol. The molecule has 0 saturated carbocycles. The first-order valence-electron chi connectivity index (χ1n) is 14.7. The molecule has 0 aliphatic heterocycles. The second kappa shape index (κ2) is 9.71. The van der Waals surface area contributed by atoms with Crippen LogP contribution < -0.4 is 4.57 Å². The van der Waals surface area contributed by atoms with Crippen molar-refractivity contribution < 1.29 is 8.98 Å². The molecule has 0 saturated heterocycles. The summed E-state index contributed by atoms with van der Waals surface area (Å²) in [5.41, 5.74) is 12.0. The maximum absolute atomic E-state index is 8.07. The standard InChI is InChI=1S/C39H34N3O/c1-24-23-29(39(2,3)4)35-28-21-22-30(40-5)34(27-19-17-26(18-20-27)25-13-9-8-10-14-25)36(28)43-37(35)33(24)38-41(6)31-15-11-12-16-32(31)42(38)7/h8-23H,1-4,6-7H3/q+1. The fourth-order valence-corrected chi connectivity index (χ4v) is 6.66. The molecule has 0 fully saturated rings. The largest absolute Gasteiger partial charge is 0.456 e. The Balaban J connectivity index is 1.58. The van der Waals surface area contributed by atoms with E-state index in [1.165, 1.54) is 11.1 Å². The second-order valence-corrected chi connectivity index (χ2v) is 12.5. The summed E-state index contributed by atoms with van der Waals surface area (Å²) in [6, 6.07) is 33.7. The van der Waals surface area contributed by atoms with Crippen LogP contribution in [0.4, 0.5) is 5.69 Å². The molecule has 43 heavy (non-hydrogen) atoms. The van der Waals surface area contributed by atoms with Crippen LogP contribution in [0.5, 0.6) is 0 Å². The summed E-state index contributed by atoms with van der Waals surface area (Å²) in [6.07, 6.45) is 0. The van der Waals surface area contributed by atoms with Gasteiger partial charge in [0.1, 0.15) is 11.1 Å². The Bertz CT molecular complexity index is 2200. The summed E-state index contributed by atoms with van der Waals surface area (Å²) in [5.74, 6) is 1.09.